The molecule has 1 fully saturated rings. The molecule has 1 unspecified atom stereocenters. The molecule has 2 heterocycles. The molecule has 1 amide bonds. The SMILES string of the molecule is COc1ccc(/C(O)=C2\C(=O)C(=O)N(c3ccc(S(N)(=O)=O)cc3)C2c2cccnc2)cc1Cl. The van der Waals surface area contributed by atoms with Gasteiger partial charge in [-0.05, 0) is 54.1 Å². The van der Waals surface area contributed by atoms with Gasteiger partial charge in [0.2, 0.25) is 10.0 Å². The Labute approximate surface area is 200 Å². The van der Waals surface area contributed by atoms with Gasteiger partial charge in [0.15, 0.2) is 0 Å². The van der Waals surface area contributed by atoms with Crippen LogP contribution in [0.15, 0.2) is 77.5 Å². The Morgan fingerprint density at radius 1 is 1.15 bits per heavy atom. The van der Waals surface area contributed by atoms with Gasteiger partial charge in [0.1, 0.15) is 11.5 Å². The monoisotopic (exact) mass is 499 g/mol. The number of rotatable bonds is 5. The lowest BCUT2D eigenvalue weighted by molar-refractivity contribution is -0.132. The molecule has 1 aliphatic rings. The molecule has 2 aromatic carbocycles. The number of benzene rings is 2. The van der Waals surface area contributed by atoms with Gasteiger partial charge in [0.05, 0.1) is 28.6 Å². The number of halogens is 1. The third kappa shape index (κ3) is 4.14. The van der Waals surface area contributed by atoms with Crippen molar-refractivity contribution in [1.29, 1.82) is 0 Å². The number of aliphatic hydroxyl groups excluding tert-OH is 1. The normalized spacial score (nSPS) is 17.7. The first-order valence-electron chi connectivity index (χ1n) is 9.81. The van der Waals surface area contributed by atoms with Crippen molar-refractivity contribution in [3.05, 3.63) is 88.7 Å². The molecule has 174 valence electrons. The Morgan fingerprint density at radius 2 is 1.85 bits per heavy atom. The highest BCUT2D eigenvalue weighted by atomic mass is 35.5. The number of carbonyl (C=O) groups excluding carboxylic acids is 2. The van der Waals surface area contributed by atoms with Crippen LogP contribution in [0.2, 0.25) is 5.02 Å². The average Bonchev–Trinajstić information content (AvgIpc) is 3.09. The largest absolute Gasteiger partial charge is 0.507 e. The molecule has 4 rings (SSSR count). The predicted octanol–water partition coefficient (Wildman–Crippen LogP) is 3.02. The van der Waals surface area contributed by atoms with E-state index < -0.39 is 33.5 Å². The first-order valence-corrected chi connectivity index (χ1v) is 11.7. The van der Waals surface area contributed by atoms with Crippen molar-refractivity contribution in [2.45, 2.75) is 10.9 Å². The summed E-state index contributed by atoms with van der Waals surface area (Å²) in [5, 5.41) is 16.5. The van der Waals surface area contributed by atoms with E-state index in [1.165, 1.54) is 66.9 Å². The summed E-state index contributed by atoms with van der Waals surface area (Å²) in [6, 6.07) is 11.9. The molecule has 0 saturated carbocycles. The lowest BCUT2D eigenvalue weighted by Gasteiger charge is -2.25. The van der Waals surface area contributed by atoms with Crippen LogP contribution >= 0.6 is 11.6 Å². The summed E-state index contributed by atoms with van der Waals surface area (Å²) in [5.41, 5.74) is 0.727. The van der Waals surface area contributed by atoms with Crippen molar-refractivity contribution in [2.24, 2.45) is 5.14 Å². The van der Waals surface area contributed by atoms with E-state index in [0.717, 1.165) is 0 Å². The summed E-state index contributed by atoms with van der Waals surface area (Å²) < 4.78 is 28.4. The van der Waals surface area contributed by atoms with Crippen LogP contribution in [-0.2, 0) is 19.6 Å². The number of ether oxygens (including phenoxy) is 1. The van der Waals surface area contributed by atoms with E-state index in [2.05, 4.69) is 4.98 Å². The number of Topliss-reactive ketones (excluding diaryl/α,β-unsaturated/α-hetero) is 1. The maximum atomic E-state index is 13.1. The number of anilines is 1. The van der Waals surface area contributed by atoms with E-state index in [9.17, 15) is 23.1 Å². The number of nitrogens with two attached hydrogens (primary N) is 1. The van der Waals surface area contributed by atoms with Gasteiger partial charge in [-0.2, -0.15) is 0 Å². The standard InChI is InChI=1S/C23H18ClN3O6S/c1-33-18-9-4-13(11-17(18)24)21(28)19-20(14-3-2-10-26-12-14)27(23(30)22(19)29)15-5-7-16(8-6-15)34(25,31)32/h2-12,20,28H,1H3,(H2,25,31,32)/b21-19+. The summed E-state index contributed by atoms with van der Waals surface area (Å²) in [4.78, 5) is 31.3. The van der Waals surface area contributed by atoms with Gasteiger partial charge in [-0.1, -0.05) is 17.7 Å². The Balaban J connectivity index is 1.90. The van der Waals surface area contributed by atoms with Gasteiger partial charge in [-0.3, -0.25) is 19.5 Å². The molecule has 11 heteroatoms. The van der Waals surface area contributed by atoms with Crippen molar-refractivity contribution in [2.75, 3.05) is 12.0 Å². The smallest absolute Gasteiger partial charge is 0.300 e. The van der Waals surface area contributed by atoms with Crippen molar-refractivity contribution in [3.8, 4) is 5.75 Å². The minimum absolute atomic E-state index is 0.154. The van der Waals surface area contributed by atoms with E-state index in [0.29, 0.717) is 11.3 Å². The second kappa shape index (κ2) is 8.90. The molecule has 9 nitrogen and oxygen atoms in total. The van der Waals surface area contributed by atoms with Crippen LogP contribution in [0, 0.1) is 0 Å². The lowest BCUT2D eigenvalue weighted by atomic mass is 9.96. The van der Waals surface area contributed by atoms with E-state index >= 15 is 0 Å². The fourth-order valence-corrected chi connectivity index (χ4v) is 4.49. The zero-order chi connectivity index (χ0) is 24.6. The Hall–Kier alpha value is -3.73. The Morgan fingerprint density at radius 3 is 2.41 bits per heavy atom. The van der Waals surface area contributed by atoms with Gasteiger partial charge in [-0.25, -0.2) is 13.6 Å². The van der Waals surface area contributed by atoms with E-state index in [-0.39, 0.29) is 26.7 Å². The van der Waals surface area contributed by atoms with Crippen molar-refractivity contribution < 1.29 is 27.9 Å². The van der Waals surface area contributed by atoms with Crippen molar-refractivity contribution in [3.63, 3.8) is 0 Å². The molecule has 0 bridgehead atoms. The van der Waals surface area contributed by atoms with Crippen LogP contribution in [0.4, 0.5) is 5.69 Å². The van der Waals surface area contributed by atoms with Crippen molar-refractivity contribution >= 4 is 44.8 Å². The fraction of sp³-hybridized carbons (Fsp3) is 0.0870. The maximum absolute atomic E-state index is 13.1. The van der Waals surface area contributed by atoms with E-state index in [4.69, 9.17) is 21.5 Å². The van der Waals surface area contributed by atoms with Crippen molar-refractivity contribution in [1.82, 2.24) is 4.98 Å². The average molecular weight is 500 g/mol. The molecular weight excluding hydrogens is 482 g/mol. The second-order valence-electron chi connectivity index (χ2n) is 7.34. The highest BCUT2D eigenvalue weighted by Gasteiger charge is 2.47. The molecular formula is C23H18ClN3O6S. The summed E-state index contributed by atoms with van der Waals surface area (Å²) in [5.74, 6) is -1.88. The molecule has 3 aromatic rings. The van der Waals surface area contributed by atoms with Crippen LogP contribution in [-0.4, -0.2) is 37.3 Å². The lowest BCUT2D eigenvalue weighted by Crippen LogP contribution is -2.29. The predicted molar refractivity (Wildman–Crippen MR) is 125 cm³/mol. The Bertz CT molecular complexity index is 1420. The quantitative estimate of drug-likeness (QED) is 0.312. The number of hydrogen-bond acceptors (Lipinski definition) is 7. The van der Waals surface area contributed by atoms with Gasteiger partial charge in [0, 0.05) is 23.6 Å². The zero-order valence-corrected chi connectivity index (χ0v) is 19.2. The van der Waals surface area contributed by atoms with Crippen LogP contribution in [0.3, 0.4) is 0 Å². The number of pyridine rings is 1. The molecule has 0 aliphatic carbocycles. The number of amides is 1. The first kappa shape index (κ1) is 23.4. The minimum Gasteiger partial charge on any atom is -0.507 e. The van der Waals surface area contributed by atoms with Gasteiger partial charge in [0.25, 0.3) is 11.7 Å². The van der Waals surface area contributed by atoms with Crippen LogP contribution < -0.4 is 14.8 Å². The maximum Gasteiger partial charge on any atom is 0.300 e. The summed E-state index contributed by atoms with van der Waals surface area (Å²) in [7, 11) is -2.52. The topological polar surface area (TPSA) is 140 Å². The number of ketones is 1. The number of aliphatic hydroxyl groups is 1. The number of carbonyl (C=O) groups is 2. The molecule has 34 heavy (non-hydrogen) atoms. The summed E-state index contributed by atoms with van der Waals surface area (Å²) in [6.07, 6.45) is 3.00. The third-order valence-electron chi connectivity index (χ3n) is 5.31. The summed E-state index contributed by atoms with van der Waals surface area (Å²) >= 11 is 6.18. The minimum atomic E-state index is -3.96. The number of sulfonamides is 1. The van der Waals surface area contributed by atoms with Crippen LogP contribution in [0.25, 0.3) is 5.76 Å². The van der Waals surface area contributed by atoms with E-state index in [1.54, 1.807) is 12.1 Å². The third-order valence-corrected chi connectivity index (χ3v) is 6.54. The van der Waals surface area contributed by atoms with Gasteiger partial charge >= 0.3 is 0 Å². The molecule has 0 radical (unpaired) electrons. The molecule has 3 N–H and O–H groups in total. The molecule has 0 spiro atoms. The number of primary sulfonamides is 1. The molecule has 1 aliphatic heterocycles. The fourth-order valence-electron chi connectivity index (χ4n) is 3.72. The molecule has 1 aromatic heterocycles. The van der Waals surface area contributed by atoms with Crippen LogP contribution in [0.5, 0.6) is 5.75 Å². The highest BCUT2D eigenvalue weighted by molar-refractivity contribution is 7.89. The molecule has 1 saturated heterocycles. The number of hydrogen-bond donors (Lipinski definition) is 2. The van der Waals surface area contributed by atoms with Gasteiger partial charge < -0.3 is 9.84 Å². The summed E-state index contributed by atoms with van der Waals surface area (Å²) in [6.45, 7) is 0. The number of methoxy groups -OCH3 is 1. The zero-order valence-electron chi connectivity index (χ0n) is 17.7. The first-order chi connectivity index (χ1) is 16.1. The number of aromatic nitrogens is 1. The van der Waals surface area contributed by atoms with E-state index in [1.807, 2.05) is 0 Å². The van der Waals surface area contributed by atoms with Crippen LogP contribution in [0.1, 0.15) is 17.2 Å². The molecule has 1 atom stereocenters. The second-order valence-corrected chi connectivity index (χ2v) is 9.31. The Kier molecular flexibility index (Phi) is 6.13. The number of nitrogens with zero attached hydrogens (tertiary/aromatic N) is 2. The van der Waals surface area contributed by atoms with Gasteiger partial charge in [-0.15, -0.1) is 0 Å². The highest BCUT2D eigenvalue weighted by Crippen LogP contribution is 2.42.